The number of rotatable bonds is 69. The van der Waals surface area contributed by atoms with Crippen LogP contribution in [-0.4, -0.2) is 49.3 Å². The summed E-state index contributed by atoms with van der Waals surface area (Å²) in [4.78, 5) is 35.4. The Hall–Kier alpha value is -3.59. The minimum absolute atomic E-state index is 0.0485. The molecule has 10 heteroatoms. The molecule has 2 unspecified atom stereocenters. The summed E-state index contributed by atoms with van der Waals surface area (Å²) in [6.07, 6.45) is 103. The summed E-state index contributed by atoms with van der Waals surface area (Å²) in [5, 5.41) is 0. The molecule has 0 aliphatic heterocycles. The molecule has 3 N–H and O–H groups in total. The predicted molar refractivity (Wildman–Crippen MR) is 385 cm³/mol. The van der Waals surface area contributed by atoms with E-state index in [1.54, 1.807) is 0 Å². The van der Waals surface area contributed by atoms with Gasteiger partial charge in [-0.15, -0.1) is 0 Å². The molecule has 0 aliphatic rings. The first-order chi connectivity index (χ1) is 43.8. The van der Waals surface area contributed by atoms with Crippen LogP contribution in [0.15, 0.2) is 122 Å². The minimum atomic E-state index is -4.40. The molecule has 0 spiro atoms. The molecule has 9 nitrogen and oxygen atoms in total. The second kappa shape index (κ2) is 73.5. The standard InChI is InChI=1S/C79H138NO8P/c1-3-5-7-9-11-13-15-17-19-21-23-25-27-29-31-32-33-34-35-36-37-38-39-40-41-42-43-44-46-47-49-51-53-55-57-59-61-63-65-67-69-71-78(81)85-75-77(76-87-89(83,84)86-74-73-80)88-79(82)72-70-68-66-64-62-60-58-56-54-52-50-48-45-30-28-26-24-22-20-18-16-14-12-10-8-6-4-2/h5-8,11-14,17-20,23-26,30,45,50,52,77H,3-4,9-10,15-16,21-22,27-29,31-44,46-49,51,53-76,80H2,1-2H3,(H,83,84)/b7-5-,8-6-,13-11-,14-12-,19-17-,20-18-,25-23-,26-24-,45-30-,52-50-. The molecule has 0 saturated heterocycles. The fraction of sp³-hybridized carbons (Fsp3) is 0.722. The second-order valence-corrected chi connectivity index (χ2v) is 25.9. The first-order valence-corrected chi connectivity index (χ1v) is 38.5. The molecule has 2 atom stereocenters. The molecule has 0 aliphatic carbocycles. The van der Waals surface area contributed by atoms with E-state index in [4.69, 9.17) is 24.3 Å². The minimum Gasteiger partial charge on any atom is -0.462 e. The molecule has 0 rings (SSSR count). The third-order valence-electron chi connectivity index (χ3n) is 15.8. The van der Waals surface area contributed by atoms with Crippen molar-refractivity contribution in [2.45, 2.75) is 341 Å². The summed E-state index contributed by atoms with van der Waals surface area (Å²) in [5.74, 6) is -0.829. The van der Waals surface area contributed by atoms with Gasteiger partial charge in [0, 0.05) is 19.4 Å². The molecule has 0 saturated carbocycles. The first-order valence-electron chi connectivity index (χ1n) is 37.0. The number of hydrogen-bond acceptors (Lipinski definition) is 8. The SMILES string of the molecule is CC/C=C\C/C=C\C/C=C\C/C=C\C/C=C\C/C=C\CCCCCCCCCCC(=O)OC(COC(=O)CCCCCCCCCCCCCCCCCCCCCCCCCCCCCC/C=C\C/C=C\C/C=C\C/C=C\CC)COP(=O)(O)OCCN. The fourth-order valence-electron chi connectivity index (χ4n) is 10.5. The maximum Gasteiger partial charge on any atom is 0.472 e. The Morgan fingerprint density at radius 2 is 0.584 bits per heavy atom. The summed E-state index contributed by atoms with van der Waals surface area (Å²) >= 11 is 0. The van der Waals surface area contributed by atoms with Crippen molar-refractivity contribution >= 4 is 19.8 Å². The summed E-state index contributed by atoms with van der Waals surface area (Å²) in [6.45, 7) is 3.54. The number of unbranched alkanes of at least 4 members (excludes halogenated alkanes) is 36. The van der Waals surface area contributed by atoms with E-state index in [9.17, 15) is 19.0 Å². The van der Waals surface area contributed by atoms with Crippen molar-refractivity contribution in [3.8, 4) is 0 Å². The van der Waals surface area contributed by atoms with E-state index in [0.29, 0.717) is 6.42 Å². The summed E-state index contributed by atoms with van der Waals surface area (Å²) in [5.41, 5.74) is 5.40. The quantitative estimate of drug-likeness (QED) is 0.0264. The average molecular weight is 1260 g/mol. The zero-order chi connectivity index (χ0) is 64.4. The highest BCUT2D eigenvalue weighted by atomic mass is 31.2. The lowest BCUT2D eigenvalue weighted by Gasteiger charge is -2.19. The smallest absolute Gasteiger partial charge is 0.462 e. The lowest BCUT2D eigenvalue weighted by Crippen LogP contribution is -2.29. The van der Waals surface area contributed by atoms with E-state index < -0.39 is 26.5 Å². The Labute approximate surface area is 549 Å². The molecule has 0 aromatic carbocycles. The number of ether oxygens (including phenoxy) is 2. The van der Waals surface area contributed by atoms with Gasteiger partial charge in [-0.2, -0.15) is 0 Å². The number of phosphoric acid groups is 1. The molecule has 0 amide bonds. The van der Waals surface area contributed by atoms with E-state index >= 15 is 0 Å². The number of hydrogen-bond donors (Lipinski definition) is 2. The van der Waals surface area contributed by atoms with Crippen LogP contribution in [0, 0.1) is 0 Å². The van der Waals surface area contributed by atoms with Gasteiger partial charge in [0.05, 0.1) is 13.2 Å². The van der Waals surface area contributed by atoms with Crippen LogP contribution in [0.2, 0.25) is 0 Å². The van der Waals surface area contributed by atoms with Gasteiger partial charge in [0.2, 0.25) is 0 Å². The molecule has 89 heavy (non-hydrogen) atoms. The number of phosphoric ester groups is 1. The van der Waals surface area contributed by atoms with Gasteiger partial charge >= 0.3 is 19.8 Å². The van der Waals surface area contributed by atoms with Crippen molar-refractivity contribution in [3.63, 3.8) is 0 Å². The summed E-state index contributed by atoms with van der Waals surface area (Å²) in [6, 6.07) is 0. The van der Waals surface area contributed by atoms with Crippen molar-refractivity contribution in [1.29, 1.82) is 0 Å². The van der Waals surface area contributed by atoms with Crippen LogP contribution < -0.4 is 5.73 Å². The first kappa shape index (κ1) is 85.4. The molecular weight excluding hydrogens is 1120 g/mol. The molecule has 0 radical (unpaired) electrons. The van der Waals surface area contributed by atoms with E-state index in [0.717, 1.165) is 109 Å². The topological polar surface area (TPSA) is 134 Å². The maximum atomic E-state index is 12.8. The van der Waals surface area contributed by atoms with Crippen LogP contribution in [0.4, 0.5) is 0 Å². The zero-order valence-corrected chi connectivity index (χ0v) is 58.5. The Morgan fingerprint density at radius 1 is 0.337 bits per heavy atom. The van der Waals surface area contributed by atoms with Gasteiger partial charge in [-0.25, -0.2) is 4.57 Å². The molecule has 0 heterocycles. The monoisotopic (exact) mass is 1260 g/mol. The number of carbonyl (C=O) groups excluding carboxylic acids is 2. The zero-order valence-electron chi connectivity index (χ0n) is 57.6. The van der Waals surface area contributed by atoms with Crippen LogP contribution >= 0.6 is 7.82 Å². The number of carbonyl (C=O) groups is 2. The summed E-state index contributed by atoms with van der Waals surface area (Å²) < 4.78 is 33.2. The normalized spacial score (nSPS) is 13.6. The largest absolute Gasteiger partial charge is 0.472 e. The van der Waals surface area contributed by atoms with Gasteiger partial charge in [0.25, 0.3) is 0 Å². The number of esters is 2. The van der Waals surface area contributed by atoms with Gasteiger partial charge in [-0.05, 0) is 103 Å². The van der Waals surface area contributed by atoms with Crippen LogP contribution in [-0.2, 0) is 32.7 Å². The van der Waals surface area contributed by atoms with Crippen LogP contribution in [0.25, 0.3) is 0 Å². The van der Waals surface area contributed by atoms with E-state index in [1.807, 2.05) is 0 Å². The Bertz CT molecular complexity index is 1880. The van der Waals surface area contributed by atoms with Crippen molar-refractivity contribution < 1.29 is 37.6 Å². The highest BCUT2D eigenvalue weighted by Crippen LogP contribution is 2.43. The highest BCUT2D eigenvalue weighted by molar-refractivity contribution is 7.47. The Kier molecular flexibility index (Phi) is 70.5. The van der Waals surface area contributed by atoms with Crippen molar-refractivity contribution in [2.75, 3.05) is 26.4 Å². The summed E-state index contributed by atoms with van der Waals surface area (Å²) in [7, 11) is -4.40. The molecule has 0 aromatic heterocycles. The Balaban J connectivity index is 3.81. The third kappa shape index (κ3) is 73.3. The van der Waals surface area contributed by atoms with Gasteiger partial charge in [0.15, 0.2) is 6.10 Å². The third-order valence-corrected chi connectivity index (χ3v) is 16.8. The second-order valence-electron chi connectivity index (χ2n) is 24.4. The van der Waals surface area contributed by atoms with Crippen LogP contribution in [0.3, 0.4) is 0 Å². The van der Waals surface area contributed by atoms with E-state index in [1.165, 1.54) is 193 Å². The number of allylic oxidation sites excluding steroid dienone is 20. The van der Waals surface area contributed by atoms with Crippen molar-refractivity contribution in [2.24, 2.45) is 5.73 Å². The average Bonchev–Trinajstić information content (AvgIpc) is 3.64. The van der Waals surface area contributed by atoms with Crippen molar-refractivity contribution in [1.82, 2.24) is 0 Å². The van der Waals surface area contributed by atoms with Crippen LogP contribution in [0.1, 0.15) is 335 Å². The molecular formula is C79H138NO8P. The van der Waals surface area contributed by atoms with Gasteiger partial charge in [-0.1, -0.05) is 341 Å². The highest BCUT2D eigenvalue weighted by Gasteiger charge is 2.26. The van der Waals surface area contributed by atoms with Crippen LogP contribution in [0.5, 0.6) is 0 Å². The molecule has 512 valence electrons. The fourth-order valence-corrected chi connectivity index (χ4v) is 11.2. The lowest BCUT2D eigenvalue weighted by atomic mass is 10.0. The predicted octanol–water partition coefficient (Wildman–Crippen LogP) is 24.6. The van der Waals surface area contributed by atoms with Gasteiger partial charge < -0.3 is 20.1 Å². The van der Waals surface area contributed by atoms with E-state index in [2.05, 4.69) is 135 Å². The lowest BCUT2D eigenvalue weighted by molar-refractivity contribution is -0.161. The molecule has 0 aromatic rings. The molecule has 0 fully saturated rings. The van der Waals surface area contributed by atoms with Gasteiger partial charge in [-0.3, -0.25) is 18.6 Å². The molecule has 0 bridgehead atoms. The Morgan fingerprint density at radius 3 is 0.865 bits per heavy atom. The van der Waals surface area contributed by atoms with Gasteiger partial charge in [0.1, 0.15) is 6.61 Å². The number of nitrogens with two attached hydrogens (primary N) is 1. The van der Waals surface area contributed by atoms with Crippen molar-refractivity contribution in [3.05, 3.63) is 122 Å². The van der Waals surface area contributed by atoms with E-state index in [-0.39, 0.29) is 38.6 Å². The maximum absolute atomic E-state index is 12.8.